The van der Waals surface area contributed by atoms with Gasteiger partial charge in [0, 0.05) is 17.0 Å². The SMILES string of the molecule is Cc1cc2oc(=O)cc(COC(=O)c3ccc(COC(C)C)cc3)c2cc1C. The molecule has 0 N–H and O–H groups in total. The van der Waals surface area contributed by atoms with Crippen molar-refractivity contribution in [1.29, 1.82) is 0 Å². The molecule has 28 heavy (non-hydrogen) atoms. The molecule has 3 aromatic rings. The predicted molar refractivity (Wildman–Crippen MR) is 107 cm³/mol. The Bertz CT molecular complexity index is 1050. The summed E-state index contributed by atoms with van der Waals surface area (Å²) in [5.74, 6) is -0.443. The monoisotopic (exact) mass is 380 g/mol. The third-order valence-corrected chi connectivity index (χ3v) is 4.58. The van der Waals surface area contributed by atoms with Gasteiger partial charge in [-0.15, -0.1) is 0 Å². The first-order valence-corrected chi connectivity index (χ1v) is 9.25. The standard InChI is InChI=1S/C23H24O5/c1-14(2)26-12-17-5-7-18(8-6-17)23(25)27-13-19-11-22(24)28-21-10-16(4)15(3)9-20(19)21/h5-11,14H,12-13H2,1-4H3. The summed E-state index contributed by atoms with van der Waals surface area (Å²) in [5.41, 5.74) is 4.21. The second-order valence-corrected chi connectivity index (χ2v) is 7.16. The summed E-state index contributed by atoms with van der Waals surface area (Å²) in [7, 11) is 0. The second-order valence-electron chi connectivity index (χ2n) is 7.16. The van der Waals surface area contributed by atoms with Gasteiger partial charge in [0.15, 0.2) is 0 Å². The highest BCUT2D eigenvalue weighted by Crippen LogP contribution is 2.22. The molecule has 1 heterocycles. The first-order chi connectivity index (χ1) is 13.3. The van der Waals surface area contributed by atoms with Gasteiger partial charge < -0.3 is 13.9 Å². The molecule has 1 aromatic heterocycles. The molecule has 0 fully saturated rings. The number of carbonyl (C=O) groups excluding carboxylic acids is 1. The van der Waals surface area contributed by atoms with Crippen LogP contribution in [0.3, 0.4) is 0 Å². The maximum Gasteiger partial charge on any atom is 0.338 e. The number of fused-ring (bicyclic) bond motifs is 1. The summed E-state index contributed by atoms with van der Waals surface area (Å²) < 4.78 is 16.3. The molecular formula is C23H24O5. The summed E-state index contributed by atoms with van der Waals surface area (Å²) in [6.07, 6.45) is 0.149. The van der Waals surface area contributed by atoms with Crippen LogP contribution in [-0.4, -0.2) is 12.1 Å². The van der Waals surface area contributed by atoms with Crippen LogP contribution in [0.25, 0.3) is 11.0 Å². The van der Waals surface area contributed by atoms with Crippen LogP contribution in [0.4, 0.5) is 0 Å². The number of ether oxygens (including phenoxy) is 2. The molecule has 0 radical (unpaired) electrons. The number of carbonyl (C=O) groups is 1. The molecule has 0 unspecified atom stereocenters. The van der Waals surface area contributed by atoms with Crippen molar-refractivity contribution in [3.05, 3.63) is 80.7 Å². The van der Waals surface area contributed by atoms with E-state index in [4.69, 9.17) is 13.9 Å². The van der Waals surface area contributed by atoms with Gasteiger partial charge in [0.1, 0.15) is 12.2 Å². The number of benzene rings is 2. The lowest BCUT2D eigenvalue weighted by atomic mass is 10.0. The van der Waals surface area contributed by atoms with Crippen LogP contribution in [0.1, 0.15) is 46.5 Å². The van der Waals surface area contributed by atoms with Crippen LogP contribution in [0.15, 0.2) is 51.7 Å². The highest BCUT2D eigenvalue weighted by Gasteiger charge is 2.12. The minimum absolute atomic E-state index is 0.00163. The van der Waals surface area contributed by atoms with Crippen molar-refractivity contribution in [3.63, 3.8) is 0 Å². The first kappa shape index (κ1) is 19.8. The average Bonchev–Trinajstić information content (AvgIpc) is 2.66. The highest BCUT2D eigenvalue weighted by atomic mass is 16.5. The third kappa shape index (κ3) is 4.67. The Morgan fingerprint density at radius 1 is 1.00 bits per heavy atom. The number of rotatable bonds is 6. The summed E-state index contributed by atoms with van der Waals surface area (Å²) in [6.45, 7) is 8.39. The fourth-order valence-corrected chi connectivity index (χ4v) is 2.83. The van der Waals surface area contributed by atoms with E-state index in [9.17, 15) is 9.59 Å². The Morgan fingerprint density at radius 3 is 2.36 bits per heavy atom. The lowest BCUT2D eigenvalue weighted by molar-refractivity contribution is 0.0473. The quantitative estimate of drug-likeness (QED) is 0.458. The number of aryl methyl sites for hydroxylation is 2. The molecule has 0 saturated heterocycles. The van der Waals surface area contributed by atoms with Crippen molar-refractivity contribution in [1.82, 2.24) is 0 Å². The highest BCUT2D eigenvalue weighted by molar-refractivity contribution is 5.89. The Morgan fingerprint density at radius 2 is 1.68 bits per heavy atom. The molecule has 0 bridgehead atoms. The van der Waals surface area contributed by atoms with E-state index in [1.165, 1.54) is 6.07 Å². The zero-order valence-corrected chi connectivity index (χ0v) is 16.6. The molecule has 0 aliphatic carbocycles. The van der Waals surface area contributed by atoms with Crippen molar-refractivity contribution in [2.75, 3.05) is 0 Å². The first-order valence-electron chi connectivity index (χ1n) is 9.25. The maximum atomic E-state index is 12.4. The summed E-state index contributed by atoms with van der Waals surface area (Å²) in [4.78, 5) is 24.2. The molecule has 0 amide bonds. The Kier molecular flexibility index (Phi) is 5.95. The molecule has 0 aliphatic rings. The van der Waals surface area contributed by atoms with Gasteiger partial charge in [-0.25, -0.2) is 9.59 Å². The number of hydrogen-bond donors (Lipinski definition) is 0. The van der Waals surface area contributed by atoms with Crippen LogP contribution < -0.4 is 5.63 Å². The zero-order chi connectivity index (χ0) is 20.3. The average molecular weight is 380 g/mol. The summed E-state index contributed by atoms with van der Waals surface area (Å²) in [6, 6.07) is 12.3. The molecule has 146 valence electrons. The maximum absolute atomic E-state index is 12.4. The van der Waals surface area contributed by atoms with E-state index in [1.807, 2.05) is 52.0 Å². The van der Waals surface area contributed by atoms with E-state index in [0.717, 1.165) is 22.1 Å². The molecular weight excluding hydrogens is 356 g/mol. The summed E-state index contributed by atoms with van der Waals surface area (Å²) >= 11 is 0. The minimum atomic E-state index is -0.462. The molecule has 0 spiro atoms. The van der Waals surface area contributed by atoms with Gasteiger partial charge in [-0.1, -0.05) is 12.1 Å². The fraction of sp³-hybridized carbons (Fsp3) is 0.304. The van der Waals surface area contributed by atoms with Crippen molar-refractivity contribution >= 4 is 16.9 Å². The molecule has 2 aromatic carbocycles. The minimum Gasteiger partial charge on any atom is -0.457 e. The van der Waals surface area contributed by atoms with Gasteiger partial charge in [-0.05, 0) is 68.7 Å². The van der Waals surface area contributed by atoms with Gasteiger partial charge in [0.25, 0.3) is 0 Å². The van der Waals surface area contributed by atoms with Crippen LogP contribution >= 0.6 is 0 Å². The van der Waals surface area contributed by atoms with Gasteiger partial charge in [0.05, 0.1) is 18.3 Å². The van der Waals surface area contributed by atoms with Crippen LogP contribution in [0.5, 0.6) is 0 Å². The molecule has 0 saturated carbocycles. The molecule has 3 rings (SSSR count). The largest absolute Gasteiger partial charge is 0.457 e. The van der Waals surface area contributed by atoms with Crippen molar-refractivity contribution in [3.8, 4) is 0 Å². The van der Waals surface area contributed by atoms with E-state index < -0.39 is 11.6 Å². The summed E-state index contributed by atoms with van der Waals surface area (Å²) in [5, 5.41) is 0.775. The van der Waals surface area contributed by atoms with E-state index in [-0.39, 0.29) is 12.7 Å². The van der Waals surface area contributed by atoms with Gasteiger partial charge in [-0.2, -0.15) is 0 Å². The second kappa shape index (κ2) is 8.40. The van der Waals surface area contributed by atoms with Crippen molar-refractivity contribution < 1.29 is 18.7 Å². The number of hydrogen-bond acceptors (Lipinski definition) is 5. The smallest absolute Gasteiger partial charge is 0.338 e. The van der Waals surface area contributed by atoms with E-state index in [0.29, 0.717) is 23.3 Å². The van der Waals surface area contributed by atoms with Crippen LogP contribution in [0, 0.1) is 13.8 Å². The molecule has 0 aliphatic heterocycles. The van der Waals surface area contributed by atoms with E-state index >= 15 is 0 Å². The topological polar surface area (TPSA) is 65.7 Å². The number of esters is 1. The lowest BCUT2D eigenvalue weighted by Crippen LogP contribution is -2.08. The van der Waals surface area contributed by atoms with Gasteiger partial charge >= 0.3 is 11.6 Å². The van der Waals surface area contributed by atoms with Crippen molar-refractivity contribution in [2.45, 2.75) is 47.0 Å². The van der Waals surface area contributed by atoms with Crippen LogP contribution in [-0.2, 0) is 22.7 Å². The lowest BCUT2D eigenvalue weighted by Gasteiger charge is -2.10. The van der Waals surface area contributed by atoms with Gasteiger partial charge in [0.2, 0.25) is 0 Å². The third-order valence-electron chi connectivity index (χ3n) is 4.58. The zero-order valence-electron chi connectivity index (χ0n) is 16.6. The molecule has 0 atom stereocenters. The Labute approximate surface area is 163 Å². The molecule has 5 nitrogen and oxygen atoms in total. The van der Waals surface area contributed by atoms with Crippen LogP contribution in [0.2, 0.25) is 0 Å². The van der Waals surface area contributed by atoms with Crippen molar-refractivity contribution in [2.24, 2.45) is 0 Å². The van der Waals surface area contributed by atoms with E-state index in [1.54, 1.807) is 12.1 Å². The fourth-order valence-electron chi connectivity index (χ4n) is 2.83. The van der Waals surface area contributed by atoms with Gasteiger partial charge in [-0.3, -0.25) is 0 Å². The van der Waals surface area contributed by atoms with E-state index in [2.05, 4.69) is 0 Å². The predicted octanol–water partition coefficient (Wildman–Crippen LogP) is 4.69. The normalized spacial score (nSPS) is 11.2. The molecule has 5 heteroatoms. The Balaban J connectivity index is 1.74. The Hall–Kier alpha value is -2.92.